The molecule has 0 heterocycles. The average Bonchev–Trinajstić information content (AvgIpc) is 2.34. The van der Waals surface area contributed by atoms with Gasteiger partial charge < -0.3 is 11.1 Å². The fraction of sp³-hybridized carbons (Fsp3) is 0.462. The molecule has 0 aromatic heterocycles. The van der Waals surface area contributed by atoms with Gasteiger partial charge in [0.05, 0.1) is 11.5 Å². The highest BCUT2D eigenvalue weighted by Crippen LogP contribution is 2.21. The Balaban J connectivity index is 2.75. The number of nitrogens with zero attached hydrogens (tertiary/aromatic N) is 2. The molecule has 19 heavy (non-hydrogen) atoms. The summed E-state index contributed by atoms with van der Waals surface area (Å²) in [6.07, 6.45) is 0. The van der Waals surface area contributed by atoms with Gasteiger partial charge in [0.25, 0.3) is 5.69 Å². The molecule has 0 fully saturated rings. The van der Waals surface area contributed by atoms with Crippen LogP contribution in [0.1, 0.15) is 25.0 Å². The Bertz CT molecular complexity index is 484. The molecule has 0 atom stereocenters. The van der Waals surface area contributed by atoms with E-state index >= 15 is 0 Å². The van der Waals surface area contributed by atoms with Crippen molar-refractivity contribution in [2.45, 2.75) is 27.3 Å². The Hall–Kier alpha value is -2.11. The molecule has 0 aliphatic heterocycles. The van der Waals surface area contributed by atoms with Gasteiger partial charge in [-0.05, 0) is 18.4 Å². The number of nitrogens with two attached hydrogens (primary N) is 1. The van der Waals surface area contributed by atoms with Crippen molar-refractivity contribution in [1.82, 2.24) is 5.32 Å². The zero-order valence-corrected chi connectivity index (χ0v) is 11.5. The number of rotatable bonds is 5. The van der Waals surface area contributed by atoms with Gasteiger partial charge in [-0.25, -0.2) is 4.99 Å². The maximum absolute atomic E-state index is 10.8. The summed E-state index contributed by atoms with van der Waals surface area (Å²) in [6.45, 7) is 6.96. The van der Waals surface area contributed by atoms with Gasteiger partial charge in [0.15, 0.2) is 5.96 Å². The fourth-order valence-electron chi connectivity index (χ4n) is 1.57. The summed E-state index contributed by atoms with van der Waals surface area (Å²) in [5, 5.41) is 13.8. The summed E-state index contributed by atoms with van der Waals surface area (Å²) in [5.41, 5.74) is 7.28. The maximum Gasteiger partial charge on any atom is 0.272 e. The highest BCUT2D eigenvalue weighted by Gasteiger charge is 2.12. The summed E-state index contributed by atoms with van der Waals surface area (Å²) >= 11 is 0. The standard InChI is InChI=1S/C13H20N4O2/c1-9(2)7-15-13(14)16-8-11-5-4-6-12(10(11)3)17(18)19/h4-6,9H,7-8H2,1-3H3,(H3,14,15,16). The van der Waals surface area contributed by atoms with Crippen LogP contribution in [0.15, 0.2) is 23.2 Å². The molecule has 0 aliphatic rings. The van der Waals surface area contributed by atoms with Crippen LogP contribution in [-0.4, -0.2) is 17.4 Å². The van der Waals surface area contributed by atoms with E-state index in [9.17, 15) is 10.1 Å². The number of nitrogens with one attached hydrogen (secondary N) is 1. The Morgan fingerprint density at radius 1 is 1.53 bits per heavy atom. The minimum Gasteiger partial charge on any atom is -0.370 e. The van der Waals surface area contributed by atoms with Crippen molar-refractivity contribution < 1.29 is 4.92 Å². The van der Waals surface area contributed by atoms with Gasteiger partial charge >= 0.3 is 0 Å². The van der Waals surface area contributed by atoms with Crippen LogP contribution in [0.2, 0.25) is 0 Å². The fourth-order valence-corrected chi connectivity index (χ4v) is 1.57. The van der Waals surface area contributed by atoms with E-state index in [-0.39, 0.29) is 10.6 Å². The number of nitro benzene ring substituents is 1. The summed E-state index contributed by atoms with van der Waals surface area (Å²) in [6, 6.07) is 4.97. The van der Waals surface area contributed by atoms with Crippen LogP contribution in [-0.2, 0) is 6.54 Å². The predicted octanol–water partition coefficient (Wildman–Crippen LogP) is 1.96. The largest absolute Gasteiger partial charge is 0.370 e. The lowest BCUT2D eigenvalue weighted by Crippen LogP contribution is -2.34. The van der Waals surface area contributed by atoms with E-state index in [1.807, 2.05) is 6.07 Å². The minimum atomic E-state index is -0.386. The first-order chi connectivity index (χ1) is 8.91. The average molecular weight is 264 g/mol. The van der Waals surface area contributed by atoms with Crippen LogP contribution in [0.5, 0.6) is 0 Å². The zero-order chi connectivity index (χ0) is 14.4. The summed E-state index contributed by atoms with van der Waals surface area (Å²) in [5.74, 6) is 0.841. The number of guanidine groups is 1. The van der Waals surface area contributed by atoms with Crippen LogP contribution in [0.3, 0.4) is 0 Å². The van der Waals surface area contributed by atoms with Crippen molar-refractivity contribution in [2.24, 2.45) is 16.6 Å². The third kappa shape index (κ3) is 4.57. The zero-order valence-electron chi connectivity index (χ0n) is 11.5. The van der Waals surface area contributed by atoms with Gasteiger partial charge in [0, 0.05) is 18.2 Å². The SMILES string of the molecule is Cc1c(CN=C(N)NCC(C)C)cccc1[N+](=O)[O-]. The molecule has 1 aromatic carbocycles. The van der Waals surface area contributed by atoms with Gasteiger partial charge in [0.1, 0.15) is 0 Å². The van der Waals surface area contributed by atoms with Crippen LogP contribution in [0.4, 0.5) is 5.69 Å². The Morgan fingerprint density at radius 2 is 2.21 bits per heavy atom. The molecule has 1 rings (SSSR count). The quantitative estimate of drug-likeness (QED) is 0.368. The van der Waals surface area contributed by atoms with Crippen molar-refractivity contribution in [3.8, 4) is 0 Å². The second-order valence-electron chi connectivity index (χ2n) is 4.79. The molecule has 6 heteroatoms. The lowest BCUT2D eigenvalue weighted by molar-refractivity contribution is -0.385. The number of nitro groups is 1. The molecule has 0 aliphatic carbocycles. The van der Waals surface area contributed by atoms with E-state index in [1.165, 1.54) is 6.07 Å². The first kappa shape index (κ1) is 14.9. The van der Waals surface area contributed by atoms with Crippen LogP contribution < -0.4 is 11.1 Å². The molecule has 3 N–H and O–H groups in total. The molecule has 0 amide bonds. The van der Waals surface area contributed by atoms with Gasteiger partial charge in [-0.2, -0.15) is 0 Å². The van der Waals surface area contributed by atoms with Crippen molar-refractivity contribution in [3.05, 3.63) is 39.4 Å². The lowest BCUT2D eigenvalue weighted by Gasteiger charge is -2.08. The molecule has 1 aromatic rings. The number of hydrogen-bond donors (Lipinski definition) is 2. The number of aliphatic imine (C=N–C) groups is 1. The van der Waals surface area contributed by atoms with Crippen molar-refractivity contribution in [3.63, 3.8) is 0 Å². The van der Waals surface area contributed by atoms with Crippen LogP contribution in [0.25, 0.3) is 0 Å². The molecular weight excluding hydrogens is 244 g/mol. The van der Waals surface area contributed by atoms with Gasteiger partial charge in [-0.3, -0.25) is 10.1 Å². The molecule has 0 saturated carbocycles. The molecule has 6 nitrogen and oxygen atoms in total. The van der Waals surface area contributed by atoms with E-state index in [4.69, 9.17) is 5.73 Å². The third-order valence-electron chi connectivity index (χ3n) is 2.73. The minimum absolute atomic E-state index is 0.112. The lowest BCUT2D eigenvalue weighted by atomic mass is 10.1. The van der Waals surface area contributed by atoms with Gasteiger partial charge in [0.2, 0.25) is 0 Å². The summed E-state index contributed by atoms with van der Waals surface area (Å²) < 4.78 is 0. The van der Waals surface area contributed by atoms with Crippen molar-refractivity contribution >= 4 is 11.6 Å². The van der Waals surface area contributed by atoms with E-state index in [1.54, 1.807) is 13.0 Å². The van der Waals surface area contributed by atoms with Gasteiger partial charge in [-0.1, -0.05) is 26.0 Å². The highest BCUT2D eigenvalue weighted by molar-refractivity contribution is 5.77. The van der Waals surface area contributed by atoms with E-state index < -0.39 is 0 Å². The highest BCUT2D eigenvalue weighted by atomic mass is 16.6. The number of benzene rings is 1. The molecule has 0 unspecified atom stereocenters. The summed E-state index contributed by atoms with van der Waals surface area (Å²) in [4.78, 5) is 14.6. The molecule has 104 valence electrons. The molecule has 0 radical (unpaired) electrons. The Morgan fingerprint density at radius 3 is 2.79 bits per heavy atom. The van der Waals surface area contributed by atoms with Crippen LogP contribution in [0, 0.1) is 23.0 Å². The monoisotopic (exact) mass is 264 g/mol. The molecule has 0 bridgehead atoms. The molecule has 0 saturated heterocycles. The van der Waals surface area contributed by atoms with E-state index in [0.717, 1.165) is 12.1 Å². The smallest absolute Gasteiger partial charge is 0.272 e. The predicted molar refractivity (Wildman–Crippen MR) is 76.0 cm³/mol. The van der Waals surface area contributed by atoms with Crippen LogP contribution >= 0.6 is 0 Å². The van der Waals surface area contributed by atoms with Crippen molar-refractivity contribution in [2.75, 3.05) is 6.54 Å². The third-order valence-corrected chi connectivity index (χ3v) is 2.73. The maximum atomic E-state index is 10.8. The van der Waals surface area contributed by atoms with E-state index in [0.29, 0.717) is 24.0 Å². The Labute approximate surface area is 112 Å². The Kier molecular flexibility index (Phi) is 5.29. The molecule has 0 spiro atoms. The molecular formula is C13H20N4O2. The second-order valence-corrected chi connectivity index (χ2v) is 4.79. The van der Waals surface area contributed by atoms with Gasteiger partial charge in [-0.15, -0.1) is 0 Å². The van der Waals surface area contributed by atoms with E-state index in [2.05, 4.69) is 24.2 Å². The number of hydrogen-bond acceptors (Lipinski definition) is 3. The normalized spacial score (nSPS) is 11.7. The van der Waals surface area contributed by atoms with Crippen molar-refractivity contribution in [1.29, 1.82) is 0 Å². The topological polar surface area (TPSA) is 93.5 Å². The second kappa shape index (κ2) is 6.72. The first-order valence-corrected chi connectivity index (χ1v) is 6.18. The first-order valence-electron chi connectivity index (χ1n) is 6.18. The summed E-state index contributed by atoms with van der Waals surface area (Å²) in [7, 11) is 0.